The number of rotatable bonds is 19. The van der Waals surface area contributed by atoms with Crippen LogP contribution in [0.2, 0.25) is 0 Å². The van der Waals surface area contributed by atoms with E-state index in [0.717, 1.165) is 36.1 Å². The molecule has 0 aliphatic heterocycles. The number of unbranched alkanes of at least 4 members (excludes halogenated alkanes) is 10. The van der Waals surface area contributed by atoms with Gasteiger partial charge >= 0.3 is 6.09 Å². The van der Waals surface area contributed by atoms with E-state index in [1.165, 1.54) is 76.3 Å². The van der Waals surface area contributed by atoms with Crippen LogP contribution in [-0.4, -0.2) is 12.7 Å². The van der Waals surface area contributed by atoms with Crippen LogP contribution in [-0.2, 0) is 23.2 Å². The highest BCUT2D eigenvalue weighted by atomic mass is 16.5. The van der Waals surface area contributed by atoms with Crippen molar-refractivity contribution in [2.24, 2.45) is 0 Å². The zero-order valence-corrected chi connectivity index (χ0v) is 24.7. The number of aryl methyl sites for hydroxylation is 2. The number of alkyl carbamates (subject to hydrolysis) is 1. The van der Waals surface area contributed by atoms with Gasteiger partial charge in [-0.1, -0.05) is 94.7 Å². The molecule has 0 aliphatic carbocycles. The molecule has 0 saturated heterocycles. The molecule has 0 saturated carbocycles. The molecule has 210 valence electrons. The molecule has 4 heteroatoms. The number of amides is 1. The van der Waals surface area contributed by atoms with Gasteiger partial charge in [-0.3, -0.25) is 0 Å². The maximum Gasteiger partial charge on any atom is 0.407 e. The van der Waals surface area contributed by atoms with Gasteiger partial charge in [0.15, 0.2) is 11.9 Å². The smallest absolute Gasteiger partial charge is 0.407 e. The Morgan fingerprint density at radius 3 is 2.21 bits per heavy atom. The summed E-state index contributed by atoms with van der Waals surface area (Å²) in [6, 6.07) is 14.8. The van der Waals surface area contributed by atoms with Crippen molar-refractivity contribution in [1.82, 2.24) is 5.32 Å². The van der Waals surface area contributed by atoms with Crippen LogP contribution in [0.5, 0.6) is 0 Å². The lowest BCUT2D eigenvalue weighted by molar-refractivity contribution is -0.704. The van der Waals surface area contributed by atoms with Crippen LogP contribution >= 0.6 is 0 Å². The normalized spacial score (nSPS) is 11.4. The Morgan fingerprint density at radius 1 is 0.895 bits per heavy atom. The number of allylic oxidation sites excluding steroid dienone is 1. The molecule has 4 nitrogen and oxygen atoms in total. The van der Waals surface area contributed by atoms with Gasteiger partial charge in [-0.15, -0.1) is 0 Å². The number of nitrogens with one attached hydrogen (secondary N) is 1. The average molecular weight is 522 g/mol. The van der Waals surface area contributed by atoms with Gasteiger partial charge < -0.3 is 10.1 Å². The van der Waals surface area contributed by atoms with E-state index in [0.29, 0.717) is 6.61 Å². The SMILES string of the molecule is C=C(C)c1cccc(C(C)(C)NC(=O)OCCCCCCCCCCCC[n+]2ccccc2CCCC)c1. The summed E-state index contributed by atoms with van der Waals surface area (Å²) in [5.41, 5.74) is 4.12. The monoisotopic (exact) mass is 521 g/mol. The molecule has 0 aliphatic rings. The minimum Gasteiger partial charge on any atom is -0.450 e. The maximum atomic E-state index is 12.3. The van der Waals surface area contributed by atoms with Crippen molar-refractivity contribution in [3.63, 3.8) is 0 Å². The standard InChI is InChI=1S/C34H52N2O2/c1-6-7-23-32-24-16-18-26-36(32)25-17-14-12-10-8-9-11-13-15-19-27-38-33(37)35-34(4,5)31-22-20-21-30(28-31)29(2)3/h16,18,20-22,24,26,28H,2,6-15,17,19,23,25,27H2,1,3-5H3/p+1. The van der Waals surface area contributed by atoms with Crippen molar-refractivity contribution in [2.75, 3.05) is 6.61 Å². The molecule has 2 aromatic rings. The molecule has 1 heterocycles. The minimum atomic E-state index is -0.500. The van der Waals surface area contributed by atoms with Crippen LogP contribution in [0, 0.1) is 0 Å². The van der Waals surface area contributed by atoms with Crippen molar-refractivity contribution in [1.29, 1.82) is 0 Å². The largest absolute Gasteiger partial charge is 0.450 e. The van der Waals surface area contributed by atoms with E-state index >= 15 is 0 Å². The van der Waals surface area contributed by atoms with Gasteiger partial charge in [0, 0.05) is 25.0 Å². The quantitative estimate of drug-likeness (QED) is 0.148. The van der Waals surface area contributed by atoms with Crippen molar-refractivity contribution >= 4 is 11.7 Å². The Labute approximate surface area is 232 Å². The predicted octanol–water partition coefficient (Wildman–Crippen LogP) is 8.91. The van der Waals surface area contributed by atoms with Gasteiger partial charge in [0.2, 0.25) is 0 Å². The first-order valence-corrected chi connectivity index (χ1v) is 15.0. The second-order valence-corrected chi connectivity index (χ2v) is 11.3. The number of carbonyl (C=O) groups is 1. The van der Waals surface area contributed by atoms with E-state index in [9.17, 15) is 4.79 Å². The second kappa shape index (κ2) is 17.8. The Bertz CT molecular complexity index is 966. The fraction of sp³-hybridized carbons (Fsp3) is 0.588. The summed E-state index contributed by atoms with van der Waals surface area (Å²) in [4.78, 5) is 12.3. The summed E-state index contributed by atoms with van der Waals surface area (Å²) in [6.07, 6.45) is 18.1. The summed E-state index contributed by atoms with van der Waals surface area (Å²) in [5, 5.41) is 3.01. The molecule has 0 radical (unpaired) electrons. The van der Waals surface area contributed by atoms with Crippen LogP contribution < -0.4 is 9.88 Å². The van der Waals surface area contributed by atoms with E-state index in [2.05, 4.69) is 53.8 Å². The lowest BCUT2D eigenvalue weighted by Gasteiger charge is -2.27. The van der Waals surface area contributed by atoms with Gasteiger partial charge in [0.25, 0.3) is 0 Å². The van der Waals surface area contributed by atoms with Crippen molar-refractivity contribution < 1.29 is 14.1 Å². The first-order chi connectivity index (χ1) is 18.3. The molecule has 0 bridgehead atoms. The molecular weight excluding hydrogens is 468 g/mol. The number of aromatic nitrogens is 1. The third kappa shape index (κ3) is 12.3. The summed E-state index contributed by atoms with van der Waals surface area (Å²) >= 11 is 0. The summed E-state index contributed by atoms with van der Waals surface area (Å²) in [6.45, 7) is 13.9. The van der Waals surface area contributed by atoms with Crippen molar-refractivity contribution in [3.05, 3.63) is 72.1 Å². The Kier molecular flexibility index (Phi) is 14.8. The Morgan fingerprint density at radius 2 is 1.55 bits per heavy atom. The predicted molar refractivity (Wildman–Crippen MR) is 160 cm³/mol. The topological polar surface area (TPSA) is 42.2 Å². The van der Waals surface area contributed by atoms with E-state index in [-0.39, 0.29) is 6.09 Å². The van der Waals surface area contributed by atoms with E-state index in [4.69, 9.17) is 4.74 Å². The Hall–Kier alpha value is -2.62. The van der Waals surface area contributed by atoms with Gasteiger partial charge in [-0.2, -0.15) is 0 Å². The molecule has 1 N–H and O–H groups in total. The number of ether oxygens (including phenoxy) is 1. The van der Waals surface area contributed by atoms with E-state index in [1.54, 1.807) is 0 Å². The molecule has 0 fully saturated rings. The minimum absolute atomic E-state index is 0.349. The second-order valence-electron chi connectivity index (χ2n) is 11.3. The van der Waals surface area contributed by atoms with Crippen LogP contribution in [0.4, 0.5) is 4.79 Å². The van der Waals surface area contributed by atoms with Crippen molar-refractivity contribution in [3.8, 4) is 0 Å². The fourth-order valence-electron chi connectivity index (χ4n) is 4.81. The van der Waals surface area contributed by atoms with Crippen LogP contribution in [0.15, 0.2) is 55.2 Å². The highest BCUT2D eigenvalue weighted by Gasteiger charge is 2.24. The number of benzene rings is 1. The van der Waals surface area contributed by atoms with Crippen LogP contribution in [0.1, 0.15) is 122 Å². The van der Waals surface area contributed by atoms with Crippen LogP contribution in [0.25, 0.3) is 5.57 Å². The zero-order chi connectivity index (χ0) is 27.6. The highest BCUT2D eigenvalue weighted by Crippen LogP contribution is 2.23. The third-order valence-corrected chi connectivity index (χ3v) is 7.34. The molecule has 0 unspecified atom stereocenters. The number of nitrogens with zero attached hydrogens (tertiary/aromatic N) is 1. The molecule has 38 heavy (non-hydrogen) atoms. The highest BCUT2D eigenvalue weighted by molar-refractivity contribution is 5.69. The summed E-state index contributed by atoms with van der Waals surface area (Å²) in [7, 11) is 0. The maximum absolute atomic E-state index is 12.3. The first kappa shape index (κ1) is 31.6. The number of pyridine rings is 1. The van der Waals surface area contributed by atoms with Crippen molar-refractivity contribution in [2.45, 2.75) is 123 Å². The fourth-order valence-corrected chi connectivity index (χ4v) is 4.81. The third-order valence-electron chi connectivity index (χ3n) is 7.34. The first-order valence-electron chi connectivity index (χ1n) is 15.0. The molecule has 1 aromatic carbocycles. The molecule has 0 atom stereocenters. The molecule has 1 aromatic heterocycles. The molecule has 1 amide bonds. The zero-order valence-electron chi connectivity index (χ0n) is 24.7. The summed E-state index contributed by atoms with van der Waals surface area (Å²) in [5.74, 6) is 0. The molecule has 0 spiro atoms. The van der Waals surface area contributed by atoms with E-state index < -0.39 is 5.54 Å². The number of hydrogen-bond donors (Lipinski definition) is 1. The lowest BCUT2D eigenvalue weighted by Crippen LogP contribution is -2.41. The Balaban J connectivity index is 1.46. The van der Waals surface area contributed by atoms with E-state index in [1.807, 2.05) is 39.0 Å². The number of hydrogen-bond acceptors (Lipinski definition) is 2. The van der Waals surface area contributed by atoms with Crippen LogP contribution in [0.3, 0.4) is 0 Å². The van der Waals surface area contributed by atoms with Gasteiger partial charge in [0.1, 0.15) is 6.54 Å². The molecule has 2 rings (SSSR count). The van der Waals surface area contributed by atoms with Gasteiger partial charge in [-0.25, -0.2) is 9.36 Å². The van der Waals surface area contributed by atoms with Gasteiger partial charge in [-0.05, 0) is 57.2 Å². The van der Waals surface area contributed by atoms with Gasteiger partial charge in [0.05, 0.1) is 12.1 Å². The average Bonchev–Trinajstić information content (AvgIpc) is 2.90. The number of carbonyl (C=O) groups excluding carboxylic acids is 1. The summed E-state index contributed by atoms with van der Waals surface area (Å²) < 4.78 is 7.90. The lowest BCUT2D eigenvalue weighted by atomic mass is 9.92. The molecular formula is C34H53N2O2+.